The number of amides is 1. The minimum atomic E-state index is -0.0832. The van der Waals surface area contributed by atoms with Crippen molar-refractivity contribution in [3.8, 4) is 0 Å². The van der Waals surface area contributed by atoms with E-state index < -0.39 is 0 Å². The molecule has 2 N–H and O–H groups in total. The lowest BCUT2D eigenvalue weighted by atomic mass is 9.90. The molecule has 0 radical (unpaired) electrons. The molecule has 1 fully saturated rings. The van der Waals surface area contributed by atoms with Gasteiger partial charge in [0, 0.05) is 49.3 Å². The normalized spacial score (nSPS) is 20.1. The van der Waals surface area contributed by atoms with E-state index in [0.29, 0.717) is 24.3 Å². The van der Waals surface area contributed by atoms with E-state index in [1.165, 1.54) is 31.4 Å². The summed E-state index contributed by atoms with van der Waals surface area (Å²) in [5.74, 6) is -0.0832. The number of aryl methyl sites for hydroxylation is 1. The van der Waals surface area contributed by atoms with Crippen LogP contribution in [0.5, 0.6) is 0 Å². The molecule has 1 unspecified atom stereocenters. The van der Waals surface area contributed by atoms with Gasteiger partial charge in [-0.25, -0.2) is 0 Å². The number of pyridine rings is 1. The molecular weight excluding hydrogens is 326 g/mol. The predicted molar refractivity (Wildman–Crippen MR) is 99.8 cm³/mol. The van der Waals surface area contributed by atoms with Gasteiger partial charge < -0.3 is 10.6 Å². The summed E-state index contributed by atoms with van der Waals surface area (Å²) in [5.41, 5.74) is 3.97. The predicted octanol–water partition coefficient (Wildman–Crippen LogP) is 2.13. The quantitative estimate of drug-likeness (QED) is 0.864. The molecule has 0 bridgehead atoms. The zero-order chi connectivity index (χ0) is 17.9. The van der Waals surface area contributed by atoms with Crippen LogP contribution >= 0.6 is 0 Å². The molecule has 138 valence electrons. The molecule has 1 atom stereocenters. The molecule has 0 aliphatic heterocycles. The van der Waals surface area contributed by atoms with Crippen molar-refractivity contribution in [2.24, 2.45) is 7.05 Å². The second kappa shape index (κ2) is 7.58. The van der Waals surface area contributed by atoms with Crippen molar-refractivity contribution in [1.29, 1.82) is 0 Å². The van der Waals surface area contributed by atoms with Crippen LogP contribution in [-0.2, 0) is 26.4 Å². The average Bonchev–Trinajstić information content (AvgIpc) is 3.29. The first kappa shape index (κ1) is 17.2. The first-order valence-corrected chi connectivity index (χ1v) is 9.68. The van der Waals surface area contributed by atoms with Crippen molar-refractivity contribution in [1.82, 2.24) is 25.4 Å². The molecule has 0 saturated heterocycles. The summed E-state index contributed by atoms with van der Waals surface area (Å²) < 4.78 is 1.89. The molecule has 6 nitrogen and oxygen atoms in total. The summed E-state index contributed by atoms with van der Waals surface area (Å²) in [6.07, 6.45) is 11.7. The van der Waals surface area contributed by atoms with Gasteiger partial charge in [-0.2, -0.15) is 5.10 Å². The fraction of sp³-hybridized carbons (Fsp3) is 0.550. The summed E-state index contributed by atoms with van der Waals surface area (Å²) in [5, 5.41) is 11.4. The third kappa shape index (κ3) is 3.65. The van der Waals surface area contributed by atoms with Crippen LogP contribution in [0, 0.1) is 0 Å². The standard InChI is InChI=1S/C20H27N5O/c1-25-18-7-6-16(23-15-4-2-3-5-15)12-17(18)19(24-25)20(26)22-13-14-8-10-21-11-9-14/h8-11,15-16,23H,2-7,12-13H2,1H3,(H,22,26). The molecule has 4 rings (SSSR count). The second-order valence-corrected chi connectivity index (χ2v) is 7.52. The summed E-state index contributed by atoms with van der Waals surface area (Å²) in [4.78, 5) is 16.7. The van der Waals surface area contributed by atoms with Gasteiger partial charge in [0.05, 0.1) is 0 Å². The maximum Gasteiger partial charge on any atom is 0.272 e. The van der Waals surface area contributed by atoms with Crippen LogP contribution in [0.25, 0.3) is 0 Å². The summed E-state index contributed by atoms with van der Waals surface area (Å²) >= 11 is 0. The van der Waals surface area contributed by atoms with Crippen molar-refractivity contribution in [3.63, 3.8) is 0 Å². The number of nitrogens with zero attached hydrogens (tertiary/aromatic N) is 3. The Balaban J connectivity index is 1.45. The van der Waals surface area contributed by atoms with Gasteiger partial charge in [-0.05, 0) is 49.8 Å². The summed E-state index contributed by atoms with van der Waals surface area (Å²) in [6, 6.07) is 4.94. The van der Waals surface area contributed by atoms with Gasteiger partial charge >= 0.3 is 0 Å². The van der Waals surface area contributed by atoms with Crippen molar-refractivity contribution >= 4 is 5.91 Å². The molecule has 2 aliphatic carbocycles. The minimum Gasteiger partial charge on any atom is -0.347 e. The number of fused-ring (bicyclic) bond motifs is 1. The molecule has 1 amide bonds. The van der Waals surface area contributed by atoms with Gasteiger partial charge in [-0.3, -0.25) is 14.5 Å². The molecule has 2 aromatic heterocycles. The third-order valence-electron chi connectivity index (χ3n) is 5.70. The molecule has 26 heavy (non-hydrogen) atoms. The molecule has 2 heterocycles. The van der Waals surface area contributed by atoms with Crippen molar-refractivity contribution < 1.29 is 4.79 Å². The van der Waals surface area contributed by atoms with E-state index in [2.05, 4.69) is 20.7 Å². The maximum atomic E-state index is 12.7. The molecule has 2 aliphatic rings. The monoisotopic (exact) mass is 353 g/mol. The van der Waals surface area contributed by atoms with Crippen LogP contribution in [0.3, 0.4) is 0 Å². The highest BCUT2D eigenvalue weighted by Crippen LogP contribution is 2.26. The number of carbonyl (C=O) groups excluding carboxylic acids is 1. The first-order chi connectivity index (χ1) is 12.7. The van der Waals surface area contributed by atoms with E-state index in [4.69, 9.17) is 0 Å². The van der Waals surface area contributed by atoms with Gasteiger partial charge in [-0.1, -0.05) is 12.8 Å². The molecule has 1 saturated carbocycles. The zero-order valence-electron chi connectivity index (χ0n) is 15.4. The van der Waals surface area contributed by atoms with Gasteiger partial charge in [0.1, 0.15) is 0 Å². The van der Waals surface area contributed by atoms with E-state index >= 15 is 0 Å². The van der Waals surface area contributed by atoms with Crippen molar-refractivity contribution in [3.05, 3.63) is 47.0 Å². The molecular formula is C20H27N5O. The highest BCUT2D eigenvalue weighted by molar-refractivity contribution is 5.94. The van der Waals surface area contributed by atoms with Gasteiger partial charge in [-0.15, -0.1) is 0 Å². The van der Waals surface area contributed by atoms with Gasteiger partial charge in [0.25, 0.3) is 5.91 Å². The van der Waals surface area contributed by atoms with E-state index in [-0.39, 0.29) is 5.91 Å². The van der Waals surface area contributed by atoms with Crippen LogP contribution in [0.2, 0.25) is 0 Å². The largest absolute Gasteiger partial charge is 0.347 e. The highest BCUT2D eigenvalue weighted by atomic mass is 16.1. The Morgan fingerprint density at radius 2 is 1.96 bits per heavy atom. The molecule has 0 aromatic carbocycles. The molecule has 6 heteroatoms. The fourth-order valence-corrected chi connectivity index (χ4v) is 4.31. The molecule has 2 aromatic rings. The van der Waals surface area contributed by atoms with E-state index in [0.717, 1.165) is 30.4 Å². The Morgan fingerprint density at radius 1 is 1.19 bits per heavy atom. The highest BCUT2D eigenvalue weighted by Gasteiger charge is 2.29. The number of rotatable bonds is 5. The lowest BCUT2D eigenvalue weighted by Gasteiger charge is -2.27. The Labute approximate surface area is 154 Å². The Bertz CT molecular complexity index is 764. The maximum absolute atomic E-state index is 12.7. The Kier molecular flexibility index (Phi) is 5.02. The van der Waals surface area contributed by atoms with Crippen LogP contribution in [-0.4, -0.2) is 32.8 Å². The number of aromatic nitrogens is 3. The van der Waals surface area contributed by atoms with Crippen LogP contribution in [0.4, 0.5) is 0 Å². The SMILES string of the molecule is Cn1nc(C(=O)NCc2ccncc2)c2c1CCC(NC1CCCC1)C2. The summed E-state index contributed by atoms with van der Waals surface area (Å²) in [7, 11) is 1.95. The fourth-order valence-electron chi connectivity index (χ4n) is 4.31. The number of hydrogen-bond acceptors (Lipinski definition) is 4. The lowest BCUT2D eigenvalue weighted by Crippen LogP contribution is -2.40. The minimum absolute atomic E-state index is 0.0832. The topological polar surface area (TPSA) is 71.8 Å². The summed E-state index contributed by atoms with van der Waals surface area (Å²) in [6.45, 7) is 0.496. The molecule has 0 spiro atoms. The van der Waals surface area contributed by atoms with E-state index in [1.807, 2.05) is 23.9 Å². The van der Waals surface area contributed by atoms with Gasteiger partial charge in [0.2, 0.25) is 0 Å². The van der Waals surface area contributed by atoms with Crippen LogP contribution in [0.1, 0.15) is 59.4 Å². The third-order valence-corrected chi connectivity index (χ3v) is 5.70. The Morgan fingerprint density at radius 3 is 2.73 bits per heavy atom. The van der Waals surface area contributed by atoms with E-state index in [1.54, 1.807) is 12.4 Å². The van der Waals surface area contributed by atoms with Crippen molar-refractivity contribution in [2.45, 2.75) is 63.6 Å². The average molecular weight is 353 g/mol. The van der Waals surface area contributed by atoms with E-state index in [9.17, 15) is 4.79 Å². The second-order valence-electron chi connectivity index (χ2n) is 7.52. The van der Waals surface area contributed by atoms with Gasteiger partial charge in [0.15, 0.2) is 5.69 Å². The zero-order valence-corrected chi connectivity index (χ0v) is 15.4. The lowest BCUT2D eigenvalue weighted by molar-refractivity contribution is 0.0944. The van der Waals surface area contributed by atoms with Crippen LogP contribution < -0.4 is 10.6 Å². The van der Waals surface area contributed by atoms with Crippen molar-refractivity contribution in [2.75, 3.05) is 0 Å². The number of carbonyl (C=O) groups is 1. The Hall–Kier alpha value is -2.21. The first-order valence-electron chi connectivity index (χ1n) is 9.68. The number of hydrogen-bond donors (Lipinski definition) is 2. The van der Waals surface area contributed by atoms with Crippen LogP contribution in [0.15, 0.2) is 24.5 Å². The number of nitrogens with one attached hydrogen (secondary N) is 2. The smallest absolute Gasteiger partial charge is 0.272 e.